The largest absolute Gasteiger partial charge is 0.497 e. The van der Waals surface area contributed by atoms with Crippen molar-refractivity contribution in [2.24, 2.45) is 5.73 Å². The molecule has 2 aromatic rings. The normalized spacial score (nSPS) is 13.3. The number of carbonyl (C=O) groups excluding carboxylic acids is 2. The van der Waals surface area contributed by atoms with Crippen molar-refractivity contribution in [2.45, 2.75) is 12.8 Å². The van der Waals surface area contributed by atoms with Crippen LogP contribution in [0.5, 0.6) is 11.5 Å². The van der Waals surface area contributed by atoms with Gasteiger partial charge in [0.25, 0.3) is 5.91 Å². The second kappa shape index (κ2) is 8.44. The molecular formula is C20H23N3O4. The molecule has 27 heavy (non-hydrogen) atoms. The van der Waals surface area contributed by atoms with Crippen LogP contribution in [0.4, 0.5) is 11.4 Å². The Bertz CT molecular complexity index is 814. The number of anilines is 2. The maximum atomic E-state index is 12.4. The Labute approximate surface area is 158 Å². The molecule has 0 aliphatic carbocycles. The number of nitrogens with one attached hydrogen (secondary N) is 1. The van der Waals surface area contributed by atoms with Gasteiger partial charge in [0.15, 0.2) is 6.61 Å². The number of methoxy groups -OCH3 is 1. The highest BCUT2D eigenvalue weighted by Crippen LogP contribution is 2.30. The van der Waals surface area contributed by atoms with Gasteiger partial charge in [0.1, 0.15) is 11.5 Å². The van der Waals surface area contributed by atoms with E-state index in [-0.39, 0.29) is 12.5 Å². The lowest BCUT2D eigenvalue weighted by Gasteiger charge is -2.22. The molecular weight excluding hydrogens is 346 g/mol. The number of amides is 2. The molecule has 0 radical (unpaired) electrons. The second-order valence-electron chi connectivity index (χ2n) is 6.30. The van der Waals surface area contributed by atoms with E-state index in [1.54, 1.807) is 43.5 Å². The highest BCUT2D eigenvalue weighted by molar-refractivity contribution is 5.99. The molecule has 0 saturated carbocycles. The molecule has 7 heteroatoms. The number of hydrogen-bond donors (Lipinski definition) is 2. The summed E-state index contributed by atoms with van der Waals surface area (Å²) in [6, 6.07) is 12.1. The van der Waals surface area contributed by atoms with Gasteiger partial charge in [-0.1, -0.05) is 0 Å². The molecule has 7 nitrogen and oxygen atoms in total. The Hall–Kier alpha value is -3.22. The minimum atomic E-state index is -0.534. The van der Waals surface area contributed by atoms with Crippen molar-refractivity contribution >= 4 is 23.2 Å². The Balaban J connectivity index is 1.69. The van der Waals surface area contributed by atoms with E-state index in [0.29, 0.717) is 22.7 Å². The Morgan fingerprint density at radius 2 is 1.74 bits per heavy atom. The summed E-state index contributed by atoms with van der Waals surface area (Å²) in [5.41, 5.74) is 7.18. The number of ether oxygens (including phenoxy) is 2. The topological polar surface area (TPSA) is 93.9 Å². The average Bonchev–Trinajstić information content (AvgIpc) is 3.21. The van der Waals surface area contributed by atoms with Gasteiger partial charge >= 0.3 is 0 Å². The van der Waals surface area contributed by atoms with E-state index in [1.165, 1.54) is 0 Å². The first kappa shape index (κ1) is 18.6. The number of rotatable bonds is 7. The molecule has 0 atom stereocenters. The molecule has 3 N–H and O–H groups in total. The summed E-state index contributed by atoms with van der Waals surface area (Å²) in [7, 11) is 1.58. The summed E-state index contributed by atoms with van der Waals surface area (Å²) in [4.78, 5) is 26.0. The maximum Gasteiger partial charge on any atom is 0.262 e. The zero-order valence-corrected chi connectivity index (χ0v) is 15.2. The predicted molar refractivity (Wildman–Crippen MR) is 104 cm³/mol. The van der Waals surface area contributed by atoms with Crippen molar-refractivity contribution in [2.75, 3.05) is 37.0 Å². The summed E-state index contributed by atoms with van der Waals surface area (Å²) in [5.74, 6) is 0.433. The van der Waals surface area contributed by atoms with E-state index in [9.17, 15) is 9.59 Å². The van der Waals surface area contributed by atoms with Crippen LogP contribution < -0.4 is 25.4 Å². The van der Waals surface area contributed by atoms with Crippen molar-refractivity contribution in [1.29, 1.82) is 0 Å². The summed E-state index contributed by atoms with van der Waals surface area (Å²) in [5, 5.41) is 2.84. The number of primary amides is 1. The van der Waals surface area contributed by atoms with Crippen LogP contribution in [-0.4, -0.2) is 38.6 Å². The van der Waals surface area contributed by atoms with Crippen LogP contribution in [-0.2, 0) is 4.79 Å². The molecule has 2 amide bonds. The van der Waals surface area contributed by atoms with E-state index >= 15 is 0 Å². The lowest BCUT2D eigenvalue weighted by atomic mass is 10.1. The third-order valence-corrected chi connectivity index (χ3v) is 4.43. The summed E-state index contributed by atoms with van der Waals surface area (Å²) in [6.07, 6.45) is 2.21. The first-order valence-corrected chi connectivity index (χ1v) is 8.82. The molecule has 1 saturated heterocycles. The van der Waals surface area contributed by atoms with Gasteiger partial charge in [-0.2, -0.15) is 0 Å². The Morgan fingerprint density at radius 1 is 1.07 bits per heavy atom. The minimum absolute atomic E-state index is 0.146. The van der Waals surface area contributed by atoms with Gasteiger partial charge in [0, 0.05) is 18.7 Å². The van der Waals surface area contributed by atoms with E-state index in [2.05, 4.69) is 10.2 Å². The van der Waals surface area contributed by atoms with Crippen molar-refractivity contribution in [3.63, 3.8) is 0 Å². The van der Waals surface area contributed by atoms with E-state index in [4.69, 9.17) is 15.2 Å². The standard InChI is InChI=1S/C20H23N3O4/c1-26-15-5-7-16(8-6-15)27-13-19(24)22-17-12-14(20(21)25)4-9-18(17)23-10-2-3-11-23/h4-9,12H,2-3,10-11,13H2,1H3,(H2,21,25)(H,22,24). The third-order valence-electron chi connectivity index (χ3n) is 4.43. The SMILES string of the molecule is COc1ccc(OCC(=O)Nc2cc(C(N)=O)ccc2N2CCCC2)cc1. The highest BCUT2D eigenvalue weighted by atomic mass is 16.5. The van der Waals surface area contributed by atoms with Crippen LogP contribution in [0.3, 0.4) is 0 Å². The molecule has 0 unspecified atom stereocenters. The van der Waals surface area contributed by atoms with E-state index in [0.717, 1.165) is 31.6 Å². The van der Waals surface area contributed by atoms with Gasteiger partial charge in [-0.25, -0.2) is 0 Å². The fourth-order valence-electron chi connectivity index (χ4n) is 3.03. The second-order valence-corrected chi connectivity index (χ2v) is 6.30. The first-order chi connectivity index (χ1) is 13.1. The van der Waals surface area contributed by atoms with Gasteiger partial charge in [0.2, 0.25) is 5.91 Å². The molecule has 2 aromatic carbocycles. The van der Waals surface area contributed by atoms with Crippen LogP contribution in [0.1, 0.15) is 23.2 Å². The number of nitrogens with zero attached hydrogens (tertiary/aromatic N) is 1. The monoisotopic (exact) mass is 369 g/mol. The molecule has 3 rings (SSSR count). The number of benzene rings is 2. The van der Waals surface area contributed by atoms with Gasteiger partial charge in [0.05, 0.1) is 18.5 Å². The highest BCUT2D eigenvalue weighted by Gasteiger charge is 2.18. The lowest BCUT2D eigenvalue weighted by Crippen LogP contribution is -2.24. The van der Waals surface area contributed by atoms with Gasteiger partial charge in [-0.15, -0.1) is 0 Å². The van der Waals surface area contributed by atoms with Crippen LogP contribution in [0.15, 0.2) is 42.5 Å². The van der Waals surface area contributed by atoms with Crippen molar-refractivity contribution in [1.82, 2.24) is 0 Å². The molecule has 0 aromatic heterocycles. The molecule has 1 aliphatic heterocycles. The van der Waals surface area contributed by atoms with Gasteiger partial charge in [-0.3, -0.25) is 9.59 Å². The van der Waals surface area contributed by atoms with Crippen LogP contribution in [0.25, 0.3) is 0 Å². The lowest BCUT2D eigenvalue weighted by molar-refractivity contribution is -0.118. The minimum Gasteiger partial charge on any atom is -0.497 e. The van der Waals surface area contributed by atoms with Crippen molar-refractivity contribution < 1.29 is 19.1 Å². The fraction of sp³-hybridized carbons (Fsp3) is 0.300. The zero-order valence-electron chi connectivity index (χ0n) is 15.2. The van der Waals surface area contributed by atoms with E-state index in [1.807, 2.05) is 6.07 Å². The maximum absolute atomic E-state index is 12.4. The molecule has 0 spiro atoms. The average molecular weight is 369 g/mol. The first-order valence-electron chi connectivity index (χ1n) is 8.82. The van der Waals surface area contributed by atoms with Crippen LogP contribution >= 0.6 is 0 Å². The van der Waals surface area contributed by atoms with Gasteiger partial charge in [-0.05, 0) is 55.3 Å². The van der Waals surface area contributed by atoms with Crippen molar-refractivity contribution in [3.8, 4) is 11.5 Å². The predicted octanol–water partition coefficient (Wildman–Crippen LogP) is 2.41. The Morgan fingerprint density at radius 3 is 2.37 bits per heavy atom. The summed E-state index contributed by atoms with van der Waals surface area (Å²) in [6.45, 7) is 1.69. The molecule has 0 bridgehead atoms. The molecule has 1 aliphatic rings. The number of nitrogens with two attached hydrogens (primary N) is 1. The summed E-state index contributed by atoms with van der Waals surface area (Å²) < 4.78 is 10.6. The summed E-state index contributed by atoms with van der Waals surface area (Å²) >= 11 is 0. The molecule has 1 heterocycles. The smallest absolute Gasteiger partial charge is 0.262 e. The zero-order chi connectivity index (χ0) is 19.2. The molecule has 142 valence electrons. The molecule has 1 fully saturated rings. The number of carbonyl (C=O) groups is 2. The van der Waals surface area contributed by atoms with E-state index < -0.39 is 5.91 Å². The van der Waals surface area contributed by atoms with Crippen LogP contribution in [0, 0.1) is 0 Å². The number of hydrogen-bond acceptors (Lipinski definition) is 5. The quantitative estimate of drug-likeness (QED) is 0.782. The van der Waals surface area contributed by atoms with Crippen LogP contribution in [0.2, 0.25) is 0 Å². The third kappa shape index (κ3) is 4.69. The fourth-order valence-corrected chi connectivity index (χ4v) is 3.03. The van der Waals surface area contributed by atoms with Gasteiger partial charge < -0.3 is 25.4 Å². The van der Waals surface area contributed by atoms with Crippen molar-refractivity contribution in [3.05, 3.63) is 48.0 Å². The Kier molecular flexibility index (Phi) is 5.80.